The zero-order valence-electron chi connectivity index (χ0n) is 16.4. The Hall–Kier alpha value is -2.47. The van der Waals surface area contributed by atoms with Crippen molar-refractivity contribution >= 4 is 21.5 Å². The summed E-state index contributed by atoms with van der Waals surface area (Å²) >= 11 is 0. The first-order valence-electron chi connectivity index (χ1n) is 9.55. The van der Waals surface area contributed by atoms with Crippen LogP contribution in [0.2, 0.25) is 0 Å². The first-order chi connectivity index (χ1) is 13.2. The molecule has 0 aromatic heterocycles. The molecule has 2 aromatic rings. The van der Waals surface area contributed by atoms with Crippen molar-refractivity contribution in [2.75, 3.05) is 0 Å². The van der Waals surface area contributed by atoms with Gasteiger partial charge in [0.15, 0.2) is 5.78 Å². The molecule has 1 aliphatic rings. The van der Waals surface area contributed by atoms with E-state index in [2.05, 4.69) is 19.2 Å². The van der Waals surface area contributed by atoms with Gasteiger partial charge in [0, 0.05) is 22.7 Å². The van der Waals surface area contributed by atoms with E-state index in [1.807, 2.05) is 6.92 Å². The monoisotopic (exact) mass is 399 g/mol. The number of ketones is 1. The van der Waals surface area contributed by atoms with Crippen molar-refractivity contribution in [2.24, 2.45) is 5.92 Å². The number of nitrogens with one attached hydrogen (secondary N) is 1. The lowest BCUT2D eigenvalue weighted by molar-refractivity contribution is 0.0936. The lowest BCUT2D eigenvalue weighted by Crippen LogP contribution is -2.33. The van der Waals surface area contributed by atoms with Crippen LogP contribution in [0.25, 0.3) is 0 Å². The molecule has 0 aliphatic carbocycles. The predicted molar refractivity (Wildman–Crippen MR) is 107 cm³/mol. The van der Waals surface area contributed by atoms with Gasteiger partial charge >= 0.3 is 0 Å². The van der Waals surface area contributed by atoms with Crippen molar-refractivity contribution in [3.8, 4) is 0 Å². The van der Waals surface area contributed by atoms with Crippen molar-refractivity contribution in [3.05, 3.63) is 59.2 Å². The molecule has 0 spiro atoms. The van der Waals surface area contributed by atoms with Gasteiger partial charge in [-0.1, -0.05) is 38.8 Å². The second-order valence-corrected chi connectivity index (χ2v) is 9.63. The number of sulfone groups is 1. The summed E-state index contributed by atoms with van der Waals surface area (Å²) in [5, 5.41) is 2.92. The molecule has 5 nitrogen and oxygen atoms in total. The quantitative estimate of drug-likeness (QED) is 0.679. The molecule has 0 bridgehead atoms. The van der Waals surface area contributed by atoms with Crippen LogP contribution < -0.4 is 5.32 Å². The second-order valence-electron chi connectivity index (χ2n) is 7.74. The van der Waals surface area contributed by atoms with Gasteiger partial charge in [0.25, 0.3) is 5.91 Å². The van der Waals surface area contributed by atoms with Crippen molar-refractivity contribution < 1.29 is 18.0 Å². The van der Waals surface area contributed by atoms with Crippen molar-refractivity contribution in [2.45, 2.75) is 55.9 Å². The number of carbonyl (C=O) groups is 2. The molecule has 2 aromatic carbocycles. The van der Waals surface area contributed by atoms with E-state index in [1.165, 1.54) is 30.3 Å². The third-order valence-corrected chi connectivity index (χ3v) is 6.85. The molecule has 3 rings (SSSR count). The number of hydrogen-bond acceptors (Lipinski definition) is 4. The van der Waals surface area contributed by atoms with Gasteiger partial charge < -0.3 is 5.32 Å². The predicted octanol–water partition coefficient (Wildman–Crippen LogP) is 4.01. The maximum absolute atomic E-state index is 13.0. The number of benzene rings is 2. The average molecular weight is 400 g/mol. The van der Waals surface area contributed by atoms with Gasteiger partial charge in [0.2, 0.25) is 9.84 Å². The van der Waals surface area contributed by atoms with Crippen LogP contribution >= 0.6 is 0 Å². The first-order valence-corrected chi connectivity index (χ1v) is 11.0. The summed E-state index contributed by atoms with van der Waals surface area (Å²) in [7, 11) is -3.84. The van der Waals surface area contributed by atoms with Crippen LogP contribution in [0.5, 0.6) is 0 Å². The number of fused-ring (bicyclic) bond motifs is 2. The van der Waals surface area contributed by atoms with E-state index in [1.54, 1.807) is 12.1 Å². The van der Waals surface area contributed by atoms with Crippen LogP contribution in [0.4, 0.5) is 0 Å². The average Bonchev–Trinajstić information content (AvgIpc) is 2.65. The molecule has 6 heteroatoms. The standard InChI is InChI=1S/C22H25NO4S/c1-14(2)7-6-8-15(3)23-22(25)16-11-12-18-20(13-16)28(26,27)19-10-5-4-9-17(19)21(18)24/h4-5,9-15H,6-8H2,1-3H3,(H,23,25)/t15-/m0/s1. The second kappa shape index (κ2) is 7.87. The van der Waals surface area contributed by atoms with E-state index in [0.717, 1.165) is 19.3 Å². The van der Waals surface area contributed by atoms with E-state index in [9.17, 15) is 18.0 Å². The zero-order chi connectivity index (χ0) is 20.5. The molecule has 0 unspecified atom stereocenters. The molecule has 28 heavy (non-hydrogen) atoms. The highest BCUT2D eigenvalue weighted by molar-refractivity contribution is 7.91. The summed E-state index contributed by atoms with van der Waals surface area (Å²) in [5.74, 6) is -0.0510. The summed E-state index contributed by atoms with van der Waals surface area (Å²) in [5.41, 5.74) is 0.524. The minimum atomic E-state index is -3.84. The molecule has 0 saturated heterocycles. The fourth-order valence-electron chi connectivity index (χ4n) is 3.44. The van der Waals surface area contributed by atoms with Gasteiger partial charge in [-0.05, 0) is 49.6 Å². The van der Waals surface area contributed by atoms with Crippen molar-refractivity contribution in [1.82, 2.24) is 5.32 Å². The van der Waals surface area contributed by atoms with Gasteiger partial charge in [-0.2, -0.15) is 0 Å². The smallest absolute Gasteiger partial charge is 0.251 e. The SMILES string of the molecule is CC(C)CCC[C@H](C)NC(=O)c1ccc2c(c1)S(=O)(=O)c1ccccc1C2=O. The summed E-state index contributed by atoms with van der Waals surface area (Å²) in [6, 6.07) is 10.4. The Morgan fingerprint density at radius 2 is 1.64 bits per heavy atom. The van der Waals surface area contributed by atoms with Gasteiger partial charge in [-0.15, -0.1) is 0 Å². The number of hydrogen-bond donors (Lipinski definition) is 1. The summed E-state index contributed by atoms with van der Waals surface area (Å²) < 4.78 is 25.9. The van der Waals surface area contributed by atoms with E-state index < -0.39 is 9.84 Å². The Morgan fingerprint density at radius 3 is 2.36 bits per heavy atom. The van der Waals surface area contributed by atoms with Gasteiger partial charge in [-0.3, -0.25) is 9.59 Å². The molecule has 1 amide bonds. The van der Waals surface area contributed by atoms with Gasteiger partial charge in [0.05, 0.1) is 9.79 Å². The summed E-state index contributed by atoms with van der Waals surface area (Å²) in [4.78, 5) is 25.1. The van der Waals surface area contributed by atoms with Crippen LogP contribution in [0, 0.1) is 5.92 Å². The molecule has 148 valence electrons. The molecule has 0 fully saturated rings. The van der Waals surface area contributed by atoms with Crippen LogP contribution in [-0.4, -0.2) is 26.2 Å². The third kappa shape index (κ3) is 3.87. The van der Waals surface area contributed by atoms with Gasteiger partial charge in [0.1, 0.15) is 0 Å². The first kappa shape index (κ1) is 20.3. The molecule has 1 N–H and O–H groups in total. The number of rotatable bonds is 6. The fraction of sp³-hybridized carbons (Fsp3) is 0.364. The molecule has 0 radical (unpaired) electrons. The molecular weight excluding hydrogens is 374 g/mol. The highest BCUT2D eigenvalue weighted by Crippen LogP contribution is 2.34. The van der Waals surface area contributed by atoms with E-state index in [4.69, 9.17) is 0 Å². The molecular formula is C22H25NO4S. The minimum Gasteiger partial charge on any atom is -0.350 e. The van der Waals surface area contributed by atoms with E-state index in [0.29, 0.717) is 5.92 Å². The Bertz CT molecular complexity index is 1020. The maximum Gasteiger partial charge on any atom is 0.251 e. The molecule has 1 atom stereocenters. The Balaban J connectivity index is 1.85. The van der Waals surface area contributed by atoms with Crippen LogP contribution in [0.15, 0.2) is 52.3 Å². The largest absolute Gasteiger partial charge is 0.350 e. The highest BCUT2D eigenvalue weighted by Gasteiger charge is 2.35. The lowest BCUT2D eigenvalue weighted by atomic mass is 10.0. The Morgan fingerprint density at radius 1 is 0.964 bits per heavy atom. The minimum absolute atomic E-state index is 0.00730. The van der Waals surface area contributed by atoms with Gasteiger partial charge in [-0.25, -0.2) is 8.42 Å². The summed E-state index contributed by atoms with van der Waals surface area (Å²) in [6.07, 6.45) is 2.97. The van der Waals surface area contributed by atoms with Crippen molar-refractivity contribution in [1.29, 1.82) is 0 Å². The Labute approximate surface area is 166 Å². The van der Waals surface area contributed by atoms with E-state index in [-0.39, 0.29) is 44.2 Å². The number of carbonyl (C=O) groups excluding carboxylic acids is 2. The molecule has 0 saturated carbocycles. The fourth-order valence-corrected chi connectivity index (χ4v) is 5.11. The molecule has 1 aliphatic heterocycles. The van der Waals surface area contributed by atoms with E-state index >= 15 is 0 Å². The van der Waals surface area contributed by atoms with Crippen LogP contribution in [-0.2, 0) is 9.84 Å². The normalized spacial score (nSPS) is 15.6. The molecule has 1 heterocycles. The number of amides is 1. The third-order valence-electron chi connectivity index (χ3n) is 5.00. The Kier molecular flexibility index (Phi) is 5.70. The van der Waals surface area contributed by atoms with Crippen LogP contribution in [0.1, 0.15) is 66.3 Å². The van der Waals surface area contributed by atoms with Crippen LogP contribution in [0.3, 0.4) is 0 Å². The topological polar surface area (TPSA) is 80.3 Å². The lowest BCUT2D eigenvalue weighted by Gasteiger charge is -2.20. The van der Waals surface area contributed by atoms with Crippen molar-refractivity contribution in [3.63, 3.8) is 0 Å². The summed E-state index contributed by atoms with van der Waals surface area (Å²) in [6.45, 7) is 6.26. The highest BCUT2D eigenvalue weighted by atomic mass is 32.2. The zero-order valence-corrected chi connectivity index (χ0v) is 17.2. The maximum atomic E-state index is 13.0.